The van der Waals surface area contributed by atoms with E-state index in [2.05, 4.69) is 0 Å². The van der Waals surface area contributed by atoms with E-state index < -0.39 is 17.7 Å². The minimum atomic E-state index is -4.44. The maximum absolute atomic E-state index is 12.8. The monoisotopic (exact) mass is 246 g/mol. The van der Waals surface area contributed by atoms with E-state index in [-0.39, 0.29) is 17.7 Å². The van der Waals surface area contributed by atoms with Crippen LogP contribution in [0.25, 0.3) is 0 Å². The van der Waals surface area contributed by atoms with Crippen molar-refractivity contribution >= 4 is 6.29 Å². The summed E-state index contributed by atoms with van der Waals surface area (Å²) >= 11 is 0. The molecule has 1 aromatic rings. The molecule has 0 aliphatic heterocycles. The van der Waals surface area contributed by atoms with Gasteiger partial charge in [-0.3, -0.25) is 0 Å². The number of carbonyl (C=O) groups excluding carboxylic acids is 1. The highest BCUT2D eigenvalue weighted by Gasteiger charge is 2.34. The molecule has 5 heteroatoms. The SMILES string of the molecule is COc1ccc(C(C)CC=O)c(C(F)(F)F)c1. The predicted molar refractivity (Wildman–Crippen MR) is 57.1 cm³/mol. The summed E-state index contributed by atoms with van der Waals surface area (Å²) in [4.78, 5) is 10.4. The van der Waals surface area contributed by atoms with Gasteiger partial charge in [0.05, 0.1) is 12.7 Å². The molecule has 1 unspecified atom stereocenters. The van der Waals surface area contributed by atoms with Gasteiger partial charge in [-0.05, 0) is 23.6 Å². The molecule has 0 saturated carbocycles. The second kappa shape index (κ2) is 5.21. The fourth-order valence-electron chi connectivity index (χ4n) is 1.61. The van der Waals surface area contributed by atoms with Gasteiger partial charge in [0.15, 0.2) is 0 Å². The van der Waals surface area contributed by atoms with Gasteiger partial charge in [-0.15, -0.1) is 0 Å². The molecular weight excluding hydrogens is 233 g/mol. The van der Waals surface area contributed by atoms with Gasteiger partial charge in [0, 0.05) is 6.42 Å². The highest BCUT2D eigenvalue weighted by Crippen LogP contribution is 2.37. The van der Waals surface area contributed by atoms with Gasteiger partial charge in [-0.2, -0.15) is 13.2 Å². The molecule has 1 rings (SSSR count). The number of alkyl halides is 3. The number of hydrogen-bond donors (Lipinski definition) is 0. The number of rotatable bonds is 4. The van der Waals surface area contributed by atoms with Gasteiger partial charge >= 0.3 is 6.18 Å². The molecule has 0 bridgehead atoms. The quantitative estimate of drug-likeness (QED) is 0.761. The lowest BCUT2D eigenvalue weighted by molar-refractivity contribution is -0.138. The Labute approximate surface area is 97.4 Å². The number of hydrogen-bond acceptors (Lipinski definition) is 2. The molecule has 1 aromatic carbocycles. The Balaban J connectivity index is 3.24. The fourth-order valence-corrected chi connectivity index (χ4v) is 1.61. The van der Waals surface area contributed by atoms with E-state index in [1.165, 1.54) is 19.2 Å². The van der Waals surface area contributed by atoms with Crippen LogP contribution in [0, 0.1) is 0 Å². The molecule has 0 radical (unpaired) electrons. The van der Waals surface area contributed by atoms with Crippen LogP contribution in [0.4, 0.5) is 13.2 Å². The average molecular weight is 246 g/mol. The van der Waals surface area contributed by atoms with Crippen LogP contribution in [-0.4, -0.2) is 13.4 Å². The molecule has 0 aliphatic carbocycles. The number of halogens is 3. The minimum Gasteiger partial charge on any atom is -0.497 e. The zero-order valence-corrected chi connectivity index (χ0v) is 9.54. The Kier molecular flexibility index (Phi) is 4.15. The van der Waals surface area contributed by atoms with Gasteiger partial charge in [0.25, 0.3) is 0 Å². The van der Waals surface area contributed by atoms with Crippen LogP contribution in [0.5, 0.6) is 5.75 Å². The summed E-state index contributed by atoms with van der Waals surface area (Å²) in [7, 11) is 1.31. The van der Waals surface area contributed by atoms with E-state index in [0.29, 0.717) is 6.29 Å². The second-order valence-electron chi connectivity index (χ2n) is 3.75. The second-order valence-corrected chi connectivity index (χ2v) is 3.75. The summed E-state index contributed by atoms with van der Waals surface area (Å²) in [6, 6.07) is 3.78. The molecule has 0 fully saturated rings. The van der Waals surface area contributed by atoms with E-state index >= 15 is 0 Å². The maximum Gasteiger partial charge on any atom is 0.416 e. The summed E-state index contributed by atoms with van der Waals surface area (Å²) in [6.45, 7) is 1.59. The van der Waals surface area contributed by atoms with E-state index in [1.807, 2.05) is 0 Å². The lowest BCUT2D eigenvalue weighted by Crippen LogP contribution is -2.11. The van der Waals surface area contributed by atoms with Crippen molar-refractivity contribution in [3.05, 3.63) is 29.3 Å². The van der Waals surface area contributed by atoms with Gasteiger partial charge in [-0.1, -0.05) is 13.0 Å². The third-order valence-electron chi connectivity index (χ3n) is 2.55. The Morgan fingerprint density at radius 1 is 1.41 bits per heavy atom. The number of aldehydes is 1. The maximum atomic E-state index is 12.8. The van der Waals surface area contributed by atoms with Crippen molar-refractivity contribution in [2.24, 2.45) is 0 Å². The predicted octanol–water partition coefficient (Wildman–Crippen LogP) is 3.41. The standard InChI is InChI=1S/C12H13F3O2/c1-8(5-6-16)10-4-3-9(17-2)7-11(10)12(13,14)15/h3-4,6-8H,5H2,1-2H3. The summed E-state index contributed by atoms with van der Waals surface area (Å²) in [5.41, 5.74) is -0.628. The summed E-state index contributed by atoms with van der Waals surface area (Å²) in [5.74, 6) is -0.311. The average Bonchev–Trinajstić information content (AvgIpc) is 2.27. The fraction of sp³-hybridized carbons (Fsp3) is 0.417. The lowest BCUT2D eigenvalue weighted by atomic mass is 9.93. The highest BCUT2D eigenvalue weighted by molar-refractivity contribution is 5.52. The Morgan fingerprint density at radius 2 is 2.06 bits per heavy atom. The first-order chi connectivity index (χ1) is 7.90. The lowest BCUT2D eigenvalue weighted by Gasteiger charge is -2.17. The van der Waals surface area contributed by atoms with Crippen molar-refractivity contribution in [1.82, 2.24) is 0 Å². The zero-order valence-electron chi connectivity index (χ0n) is 9.54. The van der Waals surface area contributed by atoms with Crippen molar-refractivity contribution < 1.29 is 22.7 Å². The van der Waals surface area contributed by atoms with Crippen LogP contribution in [-0.2, 0) is 11.0 Å². The first-order valence-electron chi connectivity index (χ1n) is 5.09. The normalized spacial score (nSPS) is 13.2. The third-order valence-corrected chi connectivity index (χ3v) is 2.55. The molecule has 17 heavy (non-hydrogen) atoms. The van der Waals surface area contributed by atoms with Crippen molar-refractivity contribution in [1.29, 1.82) is 0 Å². The van der Waals surface area contributed by atoms with E-state index in [0.717, 1.165) is 6.07 Å². The molecule has 0 heterocycles. The van der Waals surface area contributed by atoms with Crippen LogP contribution in [0.3, 0.4) is 0 Å². The van der Waals surface area contributed by atoms with Gasteiger partial charge < -0.3 is 9.53 Å². The van der Waals surface area contributed by atoms with Crippen LogP contribution < -0.4 is 4.74 Å². The number of benzene rings is 1. The minimum absolute atomic E-state index is 0.0649. The molecule has 0 N–H and O–H groups in total. The molecular formula is C12H13F3O2. The Morgan fingerprint density at radius 3 is 2.53 bits per heavy atom. The van der Waals surface area contributed by atoms with Gasteiger partial charge in [0.1, 0.15) is 12.0 Å². The Hall–Kier alpha value is -1.52. The number of carbonyl (C=O) groups is 1. The molecule has 0 aromatic heterocycles. The largest absolute Gasteiger partial charge is 0.497 e. The molecule has 94 valence electrons. The summed E-state index contributed by atoms with van der Waals surface area (Å²) in [5, 5.41) is 0. The van der Waals surface area contributed by atoms with E-state index in [4.69, 9.17) is 4.74 Å². The first-order valence-corrected chi connectivity index (χ1v) is 5.09. The molecule has 0 aliphatic rings. The third kappa shape index (κ3) is 3.22. The van der Waals surface area contributed by atoms with Crippen molar-refractivity contribution in [3.63, 3.8) is 0 Å². The van der Waals surface area contributed by atoms with Crippen molar-refractivity contribution in [2.75, 3.05) is 7.11 Å². The van der Waals surface area contributed by atoms with Crippen LogP contribution in [0.15, 0.2) is 18.2 Å². The van der Waals surface area contributed by atoms with Gasteiger partial charge in [0.2, 0.25) is 0 Å². The Bertz CT molecular complexity index is 399. The topological polar surface area (TPSA) is 26.3 Å². The van der Waals surface area contributed by atoms with Crippen LogP contribution in [0.2, 0.25) is 0 Å². The van der Waals surface area contributed by atoms with E-state index in [9.17, 15) is 18.0 Å². The highest BCUT2D eigenvalue weighted by atomic mass is 19.4. The van der Waals surface area contributed by atoms with Gasteiger partial charge in [-0.25, -0.2) is 0 Å². The smallest absolute Gasteiger partial charge is 0.416 e. The number of methoxy groups -OCH3 is 1. The van der Waals surface area contributed by atoms with Crippen molar-refractivity contribution in [3.8, 4) is 5.75 Å². The van der Waals surface area contributed by atoms with Crippen LogP contribution in [0.1, 0.15) is 30.4 Å². The van der Waals surface area contributed by atoms with E-state index in [1.54, 1.807) is 6.92 Å². The van der Waals surface area contributed by atoms with Crippen molar-refractivity contribution in [2.45, 2.75) is 25.4 Å². The molecule has 0 amide bonds. The summed E-state index contributed by atoms with van der Waals surface area (Å²) in [6.07, 6.45) is -3.76. The summed E-state index contributed by atoms with van der Waals surface area (Å²) < 4.78 is 43.2. The zero-order chi connectivity index (χ0) is 13.1. The van der Waals surface area contributed by atoms with Crippen LogP contribution >= 0.6 is 0 Å². The molecule has 1 atom stereocenters. The molecule has 0 saturated heterocycles. The number of ether oxygens (including phenoxy) is 1. The molecule has 0 spiro atoms. The first kappa shape index (κ1) is 13.5. The molecule has 2 nitrogen and oxygen atoms in total.